The molecular weight excluding hydrogens is 485 g/mol. The number of benzene rings is 1. The molecule has 1 aliphatic rings. The van der Waals surface area contributed by atoms with Crippen LogP contribution in [0.15, 0.2) is 36.5 Å². The number of nitrogens with one attached hydrogen (secondary N) is 2. The monoisotopic (exact) mass is 516 g/mol. The van der Waals surface area contributed by atoms with Crippen LogP contribution in [0.25, 0.3) is 5.73 Å². The van der Waals surface area contributed by atoms with Gasteiger partial charge in [0.25, 0.3) is 11.8 Å². The molecule has 1 aliphatic heterocycles. The average Bonchev–Trinajstić information content (AvgIpc) is 3.25. The molecule has 2 unspecified atom stereocenters. The summed E-state index contributed by atoms with van der Waals surface area (Å²) in [7, 11) is 0. The third kappa shape index (κ3) is 10.6. The number of nitrogens with two attached hydrogens (primary N) is 1. The number of hydrogen-bond acceptors (Lipinski definition) is 5. The van der Waals surface area contributed by atoms with E-state index in [4.69, 9.17) is 20.9 Å². The molecule has 1 aromatic carbocycles. The molecule has 1 fully saturated rings. The molecule has 2 aromatic rings. The van der Waals surface area contributed by atoms with Crippen LogP contribution in [0.1, 0.15) is 50.5 Å². The Balaban J connectivity index is 0.000000606. The fourth-order valence-corrected chi connectivity index (χ4v) is 2.71. The predicted molar refractivity (Wildman–Crippen MR) is 122 cm³/mol. The van der Waals surface area contributed by atoms with Gasteiger partial charge in [0.1, 0.15) is 11.8 Å². The van der Waals surface area contributed by atoms with Gasteiger partial charge < -0.3 is 26.3 Å². The summed E-state index contributed by atoms with van der Waals surface area (Å²) in [4.78, 5) is 26.6. The number of hydrogen-bond donors (Lipinski definition) is 2. The first-order chi connectivity index (χ1) is 15.8. The summed E-state index contributed by atoms with van der Waals surface area (Å²) in [5.74, 6) is -2.80. The van der Waals surface area contributed by atoms with E-state index < -0.39 is 23.6 Å². The number of anilines is 1. The summed E-state index contributed by atoms with van der Waals surface area (Å²) < 4.78 is 35.9. The largest absolute Gasteiger partial charge is 0.677 e. The Hall–Kier alpha value is -2.53. The number of ether oxygens (including phenoxy) is 2. The maximum atomic E-state index is 12.9. The third-order valence-corrected chi connectivity index (χ3v) is 4.30. The Morgan fingerprint density at radius 2 is 1.97 bits per heavy atom. The van der Waals surface area contributed by atoms with Crippen LogP contribution in [0.2, 0.25) is 0 Å². The van der Waals surface area contributed by atoms with E-state index >= 15 is 0 Å². The molecular formula is C23H31F2N4O4V-. The molecule has 2 amide bonds. The Labute approximate surface area is 210 Å². The van der Waals surface area contributed by atoms with Crippen molar-refractivity contribution in [3.63, 3.8) is 0 Å². The Kier molecular flexibility index (Phi) is 15.7. The van der Waals surface area contributed by atoms with Crippen molar-refractivity contribution in [1.82, 2.24) is 4.98 Å². The topological polar surface area (TPSA) is 127 Å². The van der Waals surface area contributed by atoms with Crippen molar-refractivity contribution in [3.05, 3.63) is 59.6 Å². The first-order valence-corrected chi connectivity index (χ1v) is 10.8. The Bertz CT molecular complexity index is 905. The van der Waals surface area contributed by atoms with E-state index in [0.717, 1.165) is 12.5 Å². The van der Waals surface area contributed by atoms with Crippen molar-refractivity contribution < 1.29 is 46.4 Å². The van der Waals surface area contributed by atoms with E-state index in [1.165, 1.54) is 24.4 Å². The molecule has 1 radical (unpaired) electrons. The van der Waals surface area contributed by atoms with E-state index in [-0.39, 0.29) is 55.2 Å². The van der Waals surface area contributed by atoms with Crippen LogP contribution in [-0.4, -0.2) is 42.2 Å². The summed E-state index contributed by atoms with van der Waals surface area (Å²) >= 11 is 0. The van der Waals surface area contributed by atoms with Gasteiger partial charge in [-0.2, -0.15) is 4.39 Å². The van der Waals surface area contributed by atoms with Gasteiger partial charge in [-0.15, -0.1) is 6.54 Å². The van der Waals surface area contributed by atoms with Crippen molar-refractivity contribution >= 4 is 17.5 Å². The molecule has 1 aromatic heterocycles. The summed E-state index contributed by atoms with van der Waals surface area (Å²) in [6.45, 7) is 6.39. The van der Waals surface area contributed by atoms with Crippen molar-refractivity contribution in [3.8, 4) is 5.75 Å². The second kappa shape index (κ2) is 17.0. The van der Waals surface area contributed by atoms with E-state index in [1.807, 2.05) is 20.8 Å². The van der Waals surface area contributed by atoms with Gasteiger partial charge in [0, 0.05) is 30.4 Å². The number of carbonyl (C=O) groups is 2. The summed E-state index contributed by atoms with van der Waals surface area (Å²) in [5, 5.41) is 2.69. The fourth-order valence-electron chi connectivity index (χ4n) is 2.71. The van der Waals surface area contributed by atoms with Crippen molar-refractivity contribution in [1.29, 1.82) is 0 Å². The van der Waals surface area contributed by atoms with Gasteiger partial charge >= 0.3 is 0 Å². The van der Waals surface area contributed by atoms with E-state index in [9.17, 15) is 18.4 Å². The van der Waals surface area contributed by atoms with Crippen LogP contribution in [0.4, 0.5) is 14.5 Å². The normalized spacial score (nSPS) is 16.1. The van der Waals surface area contributed by atoms with E-state index in [1.54, 1.807) is 6.07 Å². The minimum atomic E-state index is -0.965. The molecule has 4 N–H and O–H groups in total. The van der Waals surface area contributed by atoms with E-state index in [0.29, 0.717) is 18.5 Å². The molecule has 1 saturated heterocycles. The molecule has 8 nitrogen and oxygen atoms in total. The Morgan fingerprint density at radius 3 is 2.56 bits per heavy atom. The number of amides is 2. The molecule has 0 bridgehead atoms. The quantitative estimate of drug-likeness (QED) is 0.524. The second-order valence-electron chi connectivity index (χ2n) is 6.80. The van der Waals surface area contributed by atoms with Gasteiger partial charge in [-0.3, -0.25) is 14.6 Å². The molecule has 3 rings (SSSR count). The number of rotatable bonds is 7. The number of carbonyl (C=O) groups excluding carboxylic acids is 2. The van der Waals surface area contributed by atoms with Gasteiger partial charge in [0.2, 0.25) is 5.82 Å². The van der Waals surface area contributed by atoms with Crippen LogP contribution < -0.4 is 15.8 Å². The average molecular weight is 516 g/mol. The van der Waals surface area contributed by atoms with Crippen molar-refractivity contribution in [2.45, 2.75) is 52.2 Å². The van der Waals surface area contributed by atoms with Gasteiger partial charge in [0.15, 0.2) is 11.6 Å². The molecule has 11 heteroatoms. The smallest absolute Gasteiger partial charge is 0.267 e. The zero-order chi connectivity index (χ0) is 24.8. The van der Waals surface area contributed by atoms with Gasteiger partial charge in [0.05, 0.1) is 12.7 Å². The van der Waals surface area contributed by atoms with Gasteiger partial charge in [-0.1, -0.05) is 19.9 Å². The summed E-state index contributed by atoms with van der Waals surface area (Å²) in [5.41, 5.74) is 12.5. The maximum absolute atomic E-state index is 12.9. The van der Waals surface area contributed by atoms with Crippen LogP contribution in [-0.2, 0) is 28.1 Å². The maximum Gasteiger partial charge on any atom is 0.267 e. The minimum absolute atomic E-state index is 0. The van der Waals surface area contributed by atoms with Crippen molar-refractivity contribution in [2.75, 3.05) is 18.5 Å². The number of aromatic nitrogens is 1. The van der Waals surface area contributed by atoms with Crippen molar-refractivity contribution in [2.24, 2.45) is 5.73 Å². The minimum Gasteiger partial charge on any atom is -0.677 e. The molecule has 187 valence electrons. The predicted octanol–water partition coefficient (Wildman–Crippen LogP) is 4.50. The van der Waals surface area contributed by atoms with Crippen LogP contribution in [0.3, 0.4) is 0 Å². The first-order valence-electron chi connectivity index (χ1n) is 10.8. The molecule has 0 spiro atoms. The van der Waals surface area contributed by atoms with Crippen LogP contribution >= 0.6 is 0 Å². The zero-order valence-electron chi connectivity index (χ0n) is 19.5. The summed E-state index contributed by atoms with van der Waals surface area (Å²) in [6, 6.07) is 6.82. The molecule has 2 heterocycles. The third-order valence-electron chi connectivity index (χ3n) is 4.30. The van der Waals surface area contributed by atoms with Crippen LogP contribution in [0, 0.1) is 11.6 Å². The number of pyridine rings is 1. The molecule has 34 heavy (non-hydrogen) atoms. The second-order valence-corrected chi connectivity index (χ2v) is 6.80. The summed E-state index contributed by atoms with van der Waals surface area (Å²) in [6.07, 6.45) is 3.20. The molecule has 0 saturated carbocycles. The van der Waals surface area contributed by atoms with E-state index in [2.05, 4.69) is 10.3 Å². The number of primary amides is 1. The first kappa shape index (κ1) is 31.5. The zero-order valence-corrected chi connectivity index (χ0v) is 20.9. The fraction of sp³-hybridized carbons (Fsp3) is 0.435. The SMILES string of the molecule is CC.CC1CCC(C(=O)Nc2ccnc(C(N)=O)c2)O1.[NH-]CCCOc1cccc(F)c1F.[V]. The van der Waals surface area contributed by atoms with Crippen LogP contribution in [0.5, 0.6) is 5.75 Å². The standard InChI is InChI=1S/C12H15N3O3.C9H10F2NO.C2H6.V/c1-7-2-3-10(18-7)12(17)15-8-4-5-14-9(6-8)11(13)16;10-7-3-1-4-8(9(7)11)13-6-2-5-12;1-2;/h4-7,10H,2-3H2,1H3,(H2,13,16)(H,14,15,17);1,3-4,12H,2,5-6H2;1-2H3;/q;-1;;. The molecule has 0 aliphatic carbocycles. The number of nitrogens with zero attached hydrogens (tertiary/aromatic N) is 1. The van der Waals surface area contributed by atoms with Gasteiger partial charge in [-0.25, -0.2) is 4.39 Å². The molecule has 2 atom stereocenters. The Morgan fingerprint density at radius 1 is 1.26 bits per heavy atom. The van der Waals surface area contributed by atoms with Gasteiger partial charge in [-0.05, 0) is 50.5 Å². The number of halogens is 2.